The maximum absolute atomic E-state index is 2.39. The number of hydrogen-bond donors (Lipinski definition) is 0. The largest absolute Gasteiger partial charge is 0.310 e. The molecule has 56 heavy (non-hydrogen) atoms. The maximum Gasteiger partial charge on any atom is 0.0467 e. The van der Waals surface area contributed by atoms with E-state index in [2.05, 4.69) is 231 Å². The second kappa shape index (κ2) is 13.7. The Morgan fingerprint density at radius 1 is 0.304 bits per heavy atom. The third-order valence-corrected chi connectivity index (χ3v) is 11.7. The zero-order chi connectivity index (χ0) is 37.6. The zero-order valence-corrected chi connectivity index (χ0v) is 31.7. The highest BCUT2D eigenvalue weighted by atomic mass is 15.1. The van der Waals surface area contributed by atoms with Crippen molar-refractivity contribution in [2.75, 3.05) is 4.90 Å². The Morgan fingerprint density at radius 3 is 1.50 bits per heavy atom. The molecule has 9 aromatic carbocycles. The van der Waals surface area contributed by atoms with E-state index in [0.717, 1.165) is 17.1 Å². The average Bonchev–Trinajstić information content (AvgIpc) is 3.50. The molecule has 0 amide bonds. The first-order valence-electron chi connectivity index (χ1n) is 19.5. The van der Waals surface area contributed by atoms with Crippen molar-refractivity contribution < 1.29 is 0 Å². The van der Waals surface area contributed by atoms with Crippen molar-refractivity contribution in [1.82, 2.24) is 0 Å². The molecule has 1 nitrogen and oxygen atoms in total. The van der Waals surface area contributed by atoms with E-state index in [0.29, 0.717) is 0 Å². The zero-order valence-electron chi connectivity index (χ0n) is 31.7. The number of fused-ring (bicyclic) bond motifs is 4. The fraction of sp³-hybridized carbons (Fsp3) is 0.0545. The number of nitrogens with zero attached hydrogens (tertiary/aromatic N) is 1. The summed E-state index contributed by atoms with van der Waals surface area (Å²) in [4.78, 5) is 2.39. The van der Waals surface area contributed by atoms with Crippen molar-refractivity contribution >= 4 is 27.8 Å². The predicted molar refractivity (Wildman–Crippen MR) is 238 cm³/mol. The van der Waals surface area contributed by atoms with Gasteiger partial charge in [0.25, 0.3) is 0 Å². The lowest BCUT2D eigenvalue weighted by atomic mass is 9.79. The minimum Gasteiger partial charge on any atom is -0.310 e. The second-order valence-corrected chi connectivity index (χ2v) is 15.4. The normalized spacial score (nSPS) is 12.6. The Labute approximate surface area is 329 Å². The van der Waals surface area contributed by atoms with Gasteiger partial charge in [0.15, 0.2) is 0 Å². The van der Waals surface area contributed by atoms with Gasteiger partial charge in [-0.2, -0.15) is 0 Å². The van der Waals surface area contributed by atoms with Gasteiger partial charge in [0.2, 0.25) is 0 Å². The van der Waals surface area contributed by atoms with Gasteiger partial charge in [-0.15, -0.1) is 0 Å². The fourth-order valence-corrected chi connectivity index (χ4v) is 8.91. The van der Waals surface area contributed by atoms with Gasteiger partial charge in [-0.3, -0.25) is 0 Å². The third-order valence-electron chi connectivity index (χ3n) is 11.7. The first-order chi connectivity index (χ1) is 27.5. The fourth-order valence-electron chi connectivity index (χ4n) is 8.91. The van der Waals surface area contributed by atoms with Gasteiger partial charge < -0.3 is 4.90 Å². The molecule has 1 aliphatic rings. The van der Waals surface area contributed by atoms with Gasteiger partial charge in [0.05, 0.1) is 0 Å². The molecule has 0 aliphatic heterocycles. The molecular formula is C55H41N. The van der Waals surface area contributed by atoms with Gasteiger partial charge in [0, 0.05) is 22.5 Å². The van der Waals surface area contributed by atoms with Crippen molar-refractivity contribution in [3.63, 3.8) is 0 Å². The number of hydrogen-bond acceptors (Lipinski definition) is 1. The molecule has 0 saturated heterocycles. The smallest absolute Gasteiger partial charge is 0.0467 e. The van der Waals surface area contributed by atoms with Gasteiger partial charge in [-0.25, -0.2) is 0 Å². The van der Waals surface area contributed by atoms with Crippen LogP contribution in [0.15, 0.2) is 212 Å². The van der Waals surface area contributed by atoms with Gasteiger partial charge in [-0.05, 0) is 120 Å². The highest BCUT2D eigenvalue weighted by Gasteiger charge is 2.37. The van der Waals surface area contributed by atoms with E-state index in [-0.39, 0.29) is 5.41 Å². The van der Waals surface area contributed by atoms with Gasteiger partial charge >= 0.3 is 0 Å². The lowest BCUT2D eigenvalue weighted by molar-refractivity contribution is 0.662. The van der Waals surface area contributed by atoms with Crippen LogP contribution >= 0.6 is 0 Å². The lowest BCUT2D eigenvalue weighted by Gasteiger charge is -2.27. The van der Waals surface area contributed by atoms with Crippen molar-refractivity contribution in [3.8, 4) is 55.6 Å². The summed E-state index contributed by atoms with van der Waals surface area (Å²) in [5.41, 5.74) is 18.5. The summed E-state index contributed by atoms with van der Waals surface area (Å²) in [5, 5.41) is 2.49. The van der Waals surface area contributed by atoms with Crippen LogP contribution in [0, 0.1) is 0 Å². The highest BCUT2D eigenvalue weighted by Crippen LogP contribution is 2.52. The molecule has 0 spiro atoms. The van der Waals surface area contributed by atoms with Gasteiger partial charge in [0.1, 0.15) is 0 Å². The monoisotopic (exact) mass is 715 g/mol. The van der Waals surface area contributed by atoms with E-state index in [1.807, 2.05) is 0 Å². The molecule has 0 aromatic heterocycles. The first kappa shape index (κ1) is 33.6. The Hall–Kier alpha value is -6.96. The molecule has 0 bridgehead atoms. The Kier molecular flexibility index (Phi) is 8.23. The summed E-state index contributed by atoms with van der Waals surface area (Å²) < 4.78 is 0. The molecule has 0 saturated carbocycles. The summed E-state index contributed by atoms with van der Waals surface area (Å²) in [6, 6.07) is 77.5. The summed E-state index contributed by atoms with van der Waals surface area (Å²) in [7, 11) is 0. The molecule has 0 fully saturated rings. The van der Waals surface area contributed by atoms with Crippen LogP contribution in [0.1, 0.15) is 25.0 Å². The molecule has 0 unspecified atom stereocenters. The van der Waals surface area contributed by atoms with E-state index in [1.54, 1.807) is 0 Å². The molecule has 9 aromatic rings. The minimum atomic E-state index is -0.0860. The predicted octanol–water partition coefficient (Wildman–Crippen LogP) is 15.3. The van der Waals surface area contributed by atoms with Crippen molar-refractivity contribution in [2.24, 2.45) is 0 Å². The summed E-state index contributed by atoms with van der Waals surface area (Å²) in [6.07, 6.45) is 0. The van der Waals surface area contributed by atoms with Crippen LogP contribution in [0.4, 0.5) is 17.1 Å². The Bertz CT molecular complexity index is 2860. The average molecular weight is 716 g/mol. The molecule has 0 radical (unpaired) electrons. The maximum atomic E-state index is 2.39. The summed E-state index contributed by atoms with van der Waals surface area (Å²) in [5.74, 6) is 0. The summed E-state index contributed by atoms with van der Waals surface area (Å²) in [6.45, 7) is 4.73. The molecule has 1 aliphatic carbocycles. The topological polar surface area (TPSA) is 3.24 Å². The minimum absolute atomic E-state index is 0.0860. The van der Waals surface area contributed by atoms with Crippen molar-refractivity contribution in [3.05, 3.63) is 223 Å². The standard InChI is InChI=1S/C55H41N/c1-55(2)53-25-11-10-22-51(53)52-24-13-23-50(54(52)55)41-30-34-46(35-31-41)56(47-19-12-18-43(37-47)44-27-26-38-14-6-7-17-42(38)36-44)45-32-28-40(29-33-45)49-21-9-8-20-48(49)39-15-4-3-5-16-39/h3-37H,1-2H3. The first-order valence-corrected chi connectivity index (χ1v) is 19.5. The van der Waals surface area contributed by atoms with E-state index in [9.17, 15) is 0 Å². The van der Waals surface area contributed by atoms with Crippen LogP contribution < -0.4 is 4.90 Å². The molecular weight excluding hydrogens is 675 g/mol. The molecule has 266 valence electrons. The van der Waals surface area contributed by atoms with E-state index >= 15 is 0 Å². The van der Waals surface area contributed by atoms with Crippen LogP contribution in [0.2, 0.25) is 0 Å². The Balaban J connectivity index is 1.07. The van der Waals surface area contributed by atoms with Crippen LogP contribution in [0.25, 0.3) is 66.4 Å². The van der Waals surface area contributed by atoms with E-state index in [4.69, 9.17) is 0 Å². The highest BCUT2D eigenvalue weighted by molar-refractivity contribution is 5.91. The molecule has 1 heteroatoms. The van der Waals surface area contributed by atoms with E-state index in [1.165, 1.54) is 77.5 Å². The lowest BCUT2D eigenvalue weighted by Crippen LogP contribution is -2.16. The third kappa shape index (κ3) is 5.81. The number of benzene rings is 9. The second-order valence-electron chi connectivity index (χ2n) is 15.4. The van der Waals surface area contributed by atoms with Crippen LogP contribution in [0.5, 0.6) is 0 Å². The van der Waals surface area contributed by atoms with Crippen LogP contribution in [0.3, 0.4) is 0 Å². The van der Waals surface area contributed by atoms with E-state index < -0.39 is 0 Å². The summed E-state index contributed by atoms with van der Waals surface area (Å²) >= 11 is 0. The Morgan fingerprint density at radius 2 is 0.786 bits per heavy atom. The molecule has 0 heterocycles. The van der Waals surface area contributed by atoms with Gasteiger partial charge in [-0.1, -0.05) is 184 Å². The van der Waals surface area contributed by atoms with Crippen molar-refractivity contribution in [1.29, 1.82) is 0 Å². The van der Waals surface area contributed by atoms with Crippen LogP contribution in [-0.4, -0.2) is 0 Å². The van der Waals surface area contributed by atoms with Crippen molar-refractivity contribution in [2.45, 2.75) is 19.3 Å². The molecule has 10 rings (SSSR count). The number of anilines is 3. The molecule has 0 atom stereocenters. The number of rotatable bonds is 7. The molecule has 0 N–H and O–H groups in total. The quantitative estimate of drug-likeness (QED) is 0.159. The van der Waals surface area contributed by atoms with Crippen LogP contribution in [-0.2, 0) is 5.41 Å². The SMILES string of the molecule is CC1(C)c2ccccc2-c2cccc(-c3ccc(N(c4ccc(-c5ccccc5-c5ccccc5)cc4)c4cccc(-c5ccc6ccccc6c5)c4)cc3)c21.